The summed E-state index contributed by atoms with van der Waals surface area (Å²) in [6, 6.07) is 1.05. The first-order chi connectivity index (χ1) is 15.2. The first-order valence-corrected chi connectivity index (χ1v) is 9.56. The van der Waals surface area contributed by atoms with Crippen molar-refractivity contribution in [3.63, 3.8) is 0 Å². The number of halogens is 2. The largest absolute Gasteiger partial charge is 0.494 e. The predicted molar refractivity (Wildman–Crippen MR) is 114 cm³/mol. The van der Waals surface area contributed by atoms with E-state index in [0.717, 1.165) is 24.4 Å². The highest BCUT2D eigenvalue weighted by atomic mass is 19.3. The van der Waals surface area contributed by atoms with Crippen LogP contribution >= 0.6 is 0 Å². The number of aliphatic imine (C=N–C) groups is 1. The molecule has 0 aliphatic heterocycles. The molecule has 0 spiro atoms. The summed E-state index contributed by atoms with van der Waals surface area (Å²) in [5.41, 5.74) is 3.78. The lowest BCUT2D eigenvalue weighted by Crippen LogP contribution is -2.40. The molecule has 0 aromatic carbocycles. The van der Waals surface area contributed by atoms with Crippen molar-refractivity contribution in [2.45, 2.75) is 19.9 Å². The number of likely N-dealkylation sites (N-methyl/N-ethyl adjacent to an activating group) is 1. The van der Waals surface area contributed by atoms with E-state index in [4.69, 9.17) is 0 Å². The van der Waals surface area contributed by atoms with E-state index in [-0.39, 0.29) is 16.4 Å². The van der Waals surface area contributed by atoms with Crippen molar-refractivity contribution in [1.82, 2.24) is 30.0 Å². The van der Waals surface area contributed by atoms with Crippen molar-refractivity contribution < 1.29 is 18.7 Å². The highest BCUT2D eigenvalue weighted by molar-refractivity contribution is 6.13. The van der Waals surface area contributed by atoms with Crippen molar-refractivity contribution in [3.8, 4) is 17.1 Å². The van der Waals surface area contributed by atoms with E-state index in [1.807, 2.05) is 18.3 Å². The van der Waals surface area contributed by atoms with Gasteiger partial charge in [-0.2, -0.15) is 13.5 Å². The number of aromatic nitrogens is 5. The molecule has 164 valence electrons. The van der Waals surface area contributed by atoms with E-state index in [1.165, 1.54) is 6.07 Å². The van der Waals surface area contributed by atoms with Crippen LogP contribution in [-0.2, 0) is 10.8 Å². The Labute approximate surface area is 180 Å². The number of amides is 1. The molecule has 0 aliphatic rings. The summed E-state index contributed by atoms with van der Waals surface area (Å²) in [5, 5.41) is 16.7. The number of hydrogen-bond acceptors (Lipinski definition) is 6. The van der Waals surface area contributed by atoms with Gasteiger partial charge in [0.1, 0.15) is 0 Å². The minimum Gasteiger partial charge on any atom is -0.494 e. The second-order valence-corrected chi connectivity index (χ2v) is 7.09. The summed E-state index contributed by atoms with van der Waals surface area (Å²) >= 11 is 0. The third-order valence-corrected chi connectivity index (χ3v) is 4.99. The fourth-order valence-corrected chi connectivity index (χ4v) is 3.34. The van der Waals surface area contributed by atoms with Gasteiger partial charge in [0.25, 0.3) is 0 Å². The molecule has 0 radical (unpaired) electrons. The molecule has 11 heteroatoms. The van der Waals surface area contributed by atoms with E-state index in [9.17, 15) is 18.7 Å². The lowest BCUT2D eigenvalue weighted by atomic mass is 10.0. The molecule has 0 unspecified atom stereocenters. The van der Waals surface area contributed by atoms with Crippen LogP contribution in [0.5, 0.6) is 5.88 Å². The van der Waals surface area contributed by atoms with Gasteiger partial charge in [0.2, 0.25) is 0 Å². The number of hydrogen-bond donors (Lipinski definition) is 3. The van der Waals surface area contributed by atoms with Crippen LogP contribution in [0.25, 0.3) is 22.2 Å². The zero-order chi connectivity index (χ0) is 23.0. The van der Waals surface area contributed by atoms with Gasteiger partial charge in [-0.05, 0) is 31.5 Å². The van der Waals surface area contributed by atoms with Gasteiger partial charge < -0.3 is 15.4 Å². The molecule has 0 fully saturated rings. The topological polar surface area (TPSA) is 121 Å². The highest BCUT2D eigenvalue weighted by Crippen LogP contribution is 2.32. The van der Waals surface area contributed by atoms with Crippen molar-refractivity contribution in [2.75, 3.05) is 7.05 Å². The number of fused-ring (bicyclic) bond motifs is 1. The maximum Gasteiger partial charge on any atom is 0.422 e. The molecule has 4 heterocycles. The summed E-state index contributed by atoms with van der Waals surface area (Å²) in [6.45, 7) is 3.56. The number of carbonyl (C=O) groups is 1. The molecule has 4 aromatic heterocycles. The first-order valence-electron chi connectivity index (χ1n) is 9.56. The number of carbonyl (C=O) groups excluding carboxylic acids is 1. The molecule has 4 rings (SSSR count). The number of nitrogens with one attached hydrogen (secondary N) is 2. The van der Waals surface area contributed by atoms with Gasteiger partial charge in [0.15, 0.2) is 11.7 Å². The van der Waals surface area contributed by atoms with Gasteiger partial charge >= 0.3 is 12.0 Å². The van der Waals surface area contributed by atoms with Crippen molar-refractivity contribution in [1.29, 1.82) is 0 Å². The average Bonchev–Trinajstić information content (AvgIpc) is 3.36. The minimum atomic E-state index is -3.86. The van der Waals surface area contributed by atoms with Crippen molar-refractivity contribution >= 4 is 28.3 Å². The summed E-state index contributed by atoms with van der Waals surface area (Å²) in [7, 11) is 1.11. The second-order valence-electron chi connectivity index (χ2n) is 7.09. The molecule has 0 atom stereocenters. The summed E-state index contributed by atoms with van der Waals surface area (Å²) < 4.78 is 28.4. The lowest BCUT2D eigenvalue weighted by molar-refractivity contribution is -0.162. The quantitative estimate of drug-likeness (QED) is 0.412. The number of nitrogens with zero attached hydrogens (tertiary/aromatic N) is 5. The Morgan fingerprint density at radius 1 is 1.31 bits per heavy atom. The van der Waals surface area contributed by atoms with Gasteiger partial charge in [-0.1, -0.05) is 0 Å². The second kappa shape index (κ2) is 7.84. The van der Waals surface area contributed by atoms with Gasteiger partial charge in [0, 0.05) is 42.7 Å². The van der Waals surface area contributed by atoms with Crippen LogP contribution in [0.2, 0.25) is 0 Å². The van der Waals surface area contributed by atoms with E-state index in [2.05, 4.69) is 25.0 Å². The van der Waals surface area contributed by atoms with Crippen LogP contribution in [0.1, 0.15) is 18.1 Å². The number of rotatable bonds is 5. The Balaban J connectivity index is 1.76. The smallest absolute Gasteiger partial charge is 0.422 e. The SMILES string of the molecule is CNC(=O)C(F)(F)n1ccc(N=C(C)c2c(O)[nH]c3cnc(-c4cnccc4C)cc23)n1. The van der Waals surface area contributed by atoms with Gasteiger partial charge in [-0.15, -0.1) is 5.10 Å². The lowest BCUT2D eigenvalue weighted by Gasteiger charge is -2.13. The number of H-pyrrole nitrogens is 1. The molecule has 0 saturated carbocycles. The summed E-state index contributed by atoms with van der Waals surface area (Å²) in [5.74, 6) is -1.68. The van der Waals surface area contributed by atoms with Crippen LogP contribution in [0.3, 0.4) is 0 Å². The van der Waals surface area contributed by atoms with Crippen LogP contribution in [0.15, 0.2) is 48.0 Å². The zero-order valence-corrected chi connectivity index (χ0v) is 17.4. The van der Waals surface area contributed by atoms with E-state index >= 15 is 0 Å². The molecule has 9 nitrogen and oxygen atoms in total. The Morgan fingerprint density at radius 2 is 2.09 bits per heavy atom. The molecule has 32 heavy (non-hydrogen) atoms. The van der Waals surface area contributed by atoms with Gasteiger partial charge in [-0.25, -0.2) is 4.99 Å². The van der Waals surface area contributed by atoms with Crippen LogP contribution in [0.4, 0.5) is 14.6 Å². The maximum atomic E-state index is 14.1. The Hall–Kier alpha value is -4.15. The molecular formula is C21H19F2N7O2. The molecule has 3 N–H and O–H groups in total. The van der Waals surface area contributed by atoms with Gasteiger partial charge in [-0.3, -0.25) is 14.8 Å². The van der Waals surface area contributed by atoms with E-state index in [0.29, 0.717) is 27.9 Å². The average molecular weight is 439 g/mol. The summed E-state index contributed by atoms with van der Waals surface area (Å²) in [4.78, 5) is 27.1. The van der Waals surface area contributed by atoms with E-state index < -0.39 is 12.0 Å². The Bertz CT molecular complexity index is 1360. The van der Waals surface area contributed by atoms with Crippen LogP contribution in [0, 0.1) is 6.92 Å². The van der Waals surface area contributed by atoms with Crippen LogP contribution in [-0.4, -0.2) is 48.5 Å². The number of aryl methyl sites for hydroxylation is 1. The molecule has 4 aromatic rings. The first kappa shape index (κ1) is 21.1. The zero-order valence-electron chi connectivity index (χ0n) is 17.4. The number of pyridine rings is 2. The third kappa shape index (κ3) is 3.57. The molecule has 1 amide bonds. The fourth-order valence-electron chi connectivity index (χ4n) is 3.34. The fraction of sp³-hybridized carbons (Fsp3) is 0.190. The number of aromatic hydroxyl groups is 1. The monoisotopic (exact) mass is 439 g/mol. The maximum absolute atomic E-state index is 14.1. The van der Waals surface area contributed by atoms with Crippen molar-refractivity contribution in [3.05, 3.63) is 54.1 Å². The standard InChI is InChI=1S/C21H19F2N7O2/c1-11-4-6-25-9-14(11)15-8-13-16(10-26-15)28-19(31)18(13)12(2)27-17-5-7-30(29-17)21(22,23)20(32)24-3/h4-10,28,31H,1-3H3,(H,24,32). The number of aromatic amines is 1. The predicted octanol–water partition coefficient (Wildman–Crippen LogP) is 3.27. The minimum absolute atomic E-state index is 0.0442. The highest BCUT2D eigenvalue weighted by Gasteiger charge is 2.41. The molecule has 0 saturated heterocycles. The summed E-state index contributed by atoms with van der Waals surface area (Å²) in [6.07, 6.45) is 5.94. The molecule has 0 bridgehead atoms. The molecular weight excluding hydrogens is 420 g/mol. The number of alkyl halides is 2. The normalized spacial score (nSPS) is 12.3. The van der Waals surface area contributed by atoms with Gasteiger partial charge in [0.05, 0.1) is 28.7 Å². The Kier molecular flexibility index (Phi) is 5.17. The Morgan fingerprint density at radius 3 is 2.81 bits per heavy atom. The molecule has 0 aliphatic carbocycles. The van der Waals surface area contributed by atoms with Crippen LogP contribution < -0.4 is 5.32 Å². The third-order valence-electron chi connectivity index (χ3n) is 4.99. The van der Waals surface area contributed by atoms with Crippen molar-refractivity contribution in [2.24, 2.45) is 4.99 Å². The van der Waals surface area contributed by atoms with E-state index in [1.54, 1.807) is 31.6 Å².